The highest BCUT2D eigenvalue weighted by atomic mass is 16.5. The smallest absolute Gasteiger partial charge is 0.122 e. The van der Waals surface area contributed by atoms with Gasteiger partial charge in [-0.05, 0) is 45.7 Å². The van der Waals surface area contributed by atoms with Gasteiger partial charge in [-0.15, -0.1) is 0 Å². The minimum atomic E-state index is 0.684. The van der Waals surface area contributed by atoms with Gasteiger partial charge < -0.3 is 10.1 Å². The molecule has 3 heterocycles. The van der Waals surface area contributed by atoms with Crippen molar-refractivity contribution in [1.29, 1.82) is 0 Å². The molecule has 2 saturated heterocycles. The Morgan fingerprint density at radius 3 is 3.00 bits per heavy atom. The average molecular weight is 275 g/mol. The summed E-state index contributed by atoms with van der Waals surface area (Å²) in [6.07, 6.45) is 5.28. The van der Waals surface area contributed by atoms with E-state index in [-0.39, 0.29) is 0 Å². The number of pyridine rings is 1. The second kappa shape index (κ2) is 6.10. The number of aromatic nitrogens is 1. The van der Waals surface area contributed by atoms with Crippen LogP contribution in [-0.2, 0) is 6.54 Å². The molecule has 3 rings (SSSR count). The lowest BCUT2D eigenvalue weighted by Crippen LogP contribution is -2.43. The summed E-state index contributed by atoms with van der Waals surface area (Å²) in [5.41, 5.74) is 2.17. The molecule has 2 aliphatic rings. The monoisotopic (exact) mass is 275 g/mol. The van der Waals surface area contributed by atoms with Crippen molar-refractivity contribution in [2.75, 3.05) is 20.2 Å². The molecule has 4 heteroatoms. The van der Waals surface area contributed by atoms with Gasteiger partial charge in [-0.25, -0.2) is 0 Å². The Labute approximate surface area is 121 Å². The lowest BCUT2D eigenvalue weighted by Gasteiger charge is -2.29. The summed E-state index contributed by atoms with van der Waals surface area (Å²) in [5, 5.41) is 3.66. The summed E-state index contributed by atoms with van der Waals surface area (Å²) >= 11 is 0. The van der Waals surface area contributed by atoms with E-state index in [1.54, 1.807) is 7.11 Å². The van der Waals surface area contributed by atoms with Crippen molar-refractivity contribution >= 4 is 0 Å². The number of nitrogens with one attached hydrogen (secondary N) is 1. The van der Waals surface area contributed by atoms with Crippen molar-refractivity contribution in [1.82, 2.24) is 15.2 Å². The minimum absolute atomic E-state index is 0.684. The maximum atomic E-state index is 5.36. The average Bonchev–Trinajstić information content (AvgIpc) is 3.08. The summed E-state index contributed by atoms with van der Waals surface area (Å²) in [6, 6.07) is 5.43. The Morgan fingerprint density at radius 1 is 1.35 bits per heavy atom. The van der Waals surface area contributed by atoms with E-state index in [4.69, 9.17) is 4.74 Å². The molecule has 110 valence electrons. The maximum Gasteiger partial charge on any atom is 0.122 e. The van der Waals surface area contributed by atoms with Crippen molar-refractivity contribution in [2.45, 2.75) is 51.2 Å². The molecule has 1 aromatic heterocycles. The van der Waals surface area contributed by atoms with Crippen LogP contribution in [-0.4, -0.2) is 42.2 Å². The normalized spacial score (nSPS) is 27.1. The summed E-state index contributed by atoms with van der Waals surface area (Å²) in [6.45, 7) is 5.36. The standard InChI is InChI=1S/C16H25N3O/c1-12-9-14(20-2)10-13(18-12)11-19-8-4-6-16(19)15-5-3-7-17-15/h9-10,15-17H,3-8,11H2,1-2H3. The molecule has 0 aromatic carbocycles. The zero-order valence-corrected chi connectivity index (χ0v) is 12.6. The highest BCUT2D eigenvalue weighted by Gasteiger charge is 2.33. The summed E-state index contributed by atoms with van der Waals surface area (Å²) in [4.78, 5) is 7.27. The van der Waals surface area contributed by atoms with Crippen molar-refractivity contribution in [3.63, 3.8) is 0 Å². The quantitative estimate of drug-likeness (QED) is 0.913. The molecule has 20 heavy (non-hydrogen) atoms. The van der Waals surface area contributed by atoms with Crippen molar-refractivity contribution in [3.05, 3.63) is 23.5 Å². The van der Waals surface area contributed by atoms with Crippen LogP contribution in [0.15, 0.2) is 12.1 Å². The largest absolute Gasteiger partial charge is 0.497 e. The lowest BCUT2D eigenvalue weighted by atomic mass is 10.0. The summed E-state index contributed by atoms with van der Waals surface area (Å²) in [5.74, 6) is 0.919. The highest BCUT2D eigenvalue weighted by Crippen LogP contribution is 2.26. The van der Waals surface area contributed by atoms with E-state index in [9.17, 15) is 0 Å². The number of methoxy groups -OCH3 is 1. The van der Waals surface area contributed by atoms with Crippen molar-refractivity contribution in [2.24, 2.45) is 0 Å². The van der Waals surface area contributed by atoms with Crippen LogP contribution in [0.25, 0.3) is 0 Å². The first kappa shape index (κ1) is 13.8. The van der Waals surface area contributed by atoms with Gasteiger partial charge in [0, 0.05) is 36.5 Å². The molecule has 2 atom stereocenters. The fraction of sp³-hybridized carbons (Fsp3) is 0.688. The van der Waals surface area contributed by atoms with Crippen molar-refractivity contribution in [3.8, 4) is 5.75 Å². The van der Waals surface area contributed by atoms with Crippen LogP contribution >= 0.6 is 0 Å². The molecular formula is C16H25N3O. The van der Waals surface area contributed by atoms with Crippen LogP contribution in [0.5, 0.6) is 5.75 Å². The highest BCUT2D eigenvalue weighted by molar-refractivity contribution is 5.26. The third kappa shape index (κ3) is 2.96. The topological polar surface area (TPSA) is 37.4 Å². The molecule has 0 spiro atoms. The van der Waals surface area contributed by atoms with E-state index < -0.39 is 0 Å². The van der Waals surface area contributed by atoms with Gasteiger partial charge >= 0.3 is 0 Å². The Morgan fingerprint density at radius 2 is 2.25 bits per heavy atom. The van der Waals surface area contributed by atoms with Crippen LogP contribution in [0.2, 0.25) is 0 Å². The fourth-order valence-electron chi connectivity index (χ4n) is 3.65. The molecule has 2 fully saturated rings. The van der Waals surface area contributed by atoms with E-state index >= 15 is 0 Å². The van der Waals surface area contributed by atoms with E-state index in [1.807, 2.05) is 13.0 Å². The first-order valence-electron chi connectivity index (χ1n) is 7.75. The first-order chi connectivity index (χ1) is 9.76. The van der Waals surface area contributed by atoms with Gasteiger partial charge in [0.15, 0.2) is 0 Å². The van der Waals surface area contributed by atoms with Crippen LogP contribution in [0.4, 0.5) is 0 Å². The molecule has 0 saturated carbocycles. The Hall–Kier alpha value is -1.13. The van der Waals surface area contributed by atoms with Gasteiger partial charge in [0.1, 0.15) is 5.75 Å². The molecule has 1 aromatic rings. The minimum Gasteiger partial charge on any atom is -0.497 e. The molecule has 0 bridgehead atoms. The predicted molar refractivity (Wildman–Crippen MR) is 80.0 cm³/mol. The number of hydrogen-bond acceptors (Lipinski definition) is 4. The molecular weight excluding hydrogens is 250 g/mol. The molecule has 2 unspecified atom stereocenters. The second-order valence-electron chi connectivity index (χ2n) is 6.02. The van der Waals surface area contributed by atoms with Crippen LogP contribution in [0.1, 0.15) is 37.1 Å². The van der Waals surface area contributed by atoms with Gasteiger partial charge in [0.05, 0.1) is 12.8 Å². The molecule has 0 aliphatic carbocycles. The van der Waals surface area contributed by atoms with Crippen LogP contribution < -0.4 is 10.1 Å². The first-order valence-corrected chi connectivity index (χ1v) is 7.75. The van der Waals surface area contributed by atoms with Gasteiger partial charge in [0.2, 0.25) is 0 Å². The SMILES string of the molecule is COc1cc(C)nc(CN2CCCC2C2CCCN2)c1. The Bertz CT molecular complexity index is 457. The molecule has 0 radical (unpaired) electrons. The number of nitrogens with zero attached hydrogens (tertiary/aromatic N) is 2. The summed E-state index contributed by atoms with van der Waals surface area (Å²) < 4.78 is 5.36. The second-order valence-corrected chi connectivity index (χ2v) is 6.02. The number of hydrogen-bond donors (Lipinski definition) is 1. The summed E-state index contributed by atoms with van der Waals surface area (Å²) in [7, 11) is 1.72. The lowest BCUT2D eigenvalue weighted by molar-refractivity contribution is 0.204. The third-order valence-corrected chi connectivity index (χ3v) is 4.56. The van der Waals surface area contributed by atoms with Crippen molar-refractivity contribution < 1.29 is 4.74 Å². The van der Waals surface area contributed by atoms with E-state index in [0.717, 1.165) is 23.7 Å². The fourth-order valence-corrected chi connectivity index (χ4v) is 3.65. The zero-order chi connectivity index (χ0) is 13.9. The Kier molecular flexibility index (Phi) is 4.22. The number of likely N-dealkylation sites (tertiary alicyclic amines) is 1. The number of rotatable bonds is 4. The predicted octanol–water partition coefficient (Wildman–Crippen LogP) is 2.12. The van der Waals surface area contributed by atoms with Crippen LogP contribution in [0.3, 0.4) is 0 Å². The zero-order valence-electron chi connectivity index (χ0n) is 12.6. The third-order valence-electron chi connectivity index (χ3n) is 4.56. The van der Waals surface area contributed by atoms with Crippen LogP contribution in [0, 0.1) is 6.92 Å². The van der Waals surface area contributed by atoms with Gasteiger partial charge in [-0.1, -0.05) is 0 Å². The molecule has 2 aliphatic heterocycles. The van der Waals surface area contributed by atoms with E-state index in [0.29, 0.717) is 12.1 Å². The van der Waals surface area contributed by atoms with Gasteiger partial charge in [-0.2, -0.15) is 0 Å². The molecule has 4 nitrogen and oxygen atoms in total. The number of aryl methyl sites for hydroxylation is 1. The van der Waals surface area contributed by atoms with Gasteiger partial charge in [-0.3, -0.25) is 9.88 Å². The molecule has 1 N–H and O–H groups in total. The molecule has 0 amide bonds. The maximum absolute atomic E-state index is 5.36. The van der Waals surface area contributed by atoms with E-state index in [2.05, 4.69) is 21.3 Å². The Balaban J connectivity index is 1.71. The van der Waals surface area contributed by atoms with E-state index in [1.165, 1.54) is 38.8 Å². The van der Waals surface area contributed by atoms with Gasteiger partial charge in [0.25, 0.3) is 0 Å². The number of ether oxygens (including phenoxy) is 1.